The quantitative estimate of drug-likeness (QED) is 0.0345. The highest BCUT2D eigenvalue weighted by atomic mass is 33.1. The second kappa shape index (κ2) is 64.2. The summed E-state index contributed by atoms with van der Waals surface area (Å²) in [5.74, 6) is 4.54. The van der Waals surface area contributed by atoms with Crippen molar-refractivity contribution in [3.8, 4) is 0 Å². The van der Waals surface area contributed by atoms with Crippen LogP contribution in [0.25, 0.3) is 0 Å². The van der Waals surface area contributed by atoms with Crippen molar-refractivity contribution in [1.82, 2.24) is 19.6 Å². The third-order valence-corrected chi connectivity index (χ3v) is 23.1. The molecule has 0 radical (unpaired) electrons. The van der Waals surface area contributed by atoms with Crippen LogP contribution in [0.5, 0.6) is 0 Å². The van der Waals surface area contributed by atoms with Gasteiger partial charge in [-0.15, -0.1) is 0 Å². The Labute approximate surface area is 541 Å². The molecule has 12 heteroatoms. The van der Waals surface area contributed by atoms with Crippen molar-refractivity contribution in [3.63, 3.8) is 0 Å². The van der Waals surface area contributed by atoms with E-state index in [0.717, 1.165) is 126 Å². The van der Waals surface area contributed by atoms with E-state index in [1.807, 2.05) is 43.2 Å². The highest BCUT2D eigenvalue weighted by Gasteiger charge is 2.28. The number of unbranched alkanes of at least 4 members (excludes halogenated alkanes) is 36. The minimum Gasteiger partial charge on any atom is -0.392 e. The number of aliphatic hydroxyl groups is 4. The Kier molecular flexibility index (Phi) is 63.5. The first-order valence-electron chi connectivity index (χ1n) is 37.3. The van der Waals surface area contributed by atoms with Gasteiger partial charge in [0, 0.05) is 87.5 Å². The summed E-state index contributed by atoms with van der Waals surface area (Å²) in [7, 11) is 8.10. The predicted molar refractivity (Wildman–Crippen MR) is 384 cm³/mol. The zero-order chi connectivity index (χ0) is 61.0. The van der Waals surface area contributed by atoms with Crippen LogP contribution in [0.1, 0.15) is 337 Å². The molecule has 504 valence electrons. The monoisotopic (exact) mass is 1260 g/mol. The fourth-order valence-electron chi connectivity index (χ4n) is 12.7. The summed E-state index contributed by atoms with van der Waals surface area (Å²) in [5, 5.41) is 44.6. The topological polar surface area (TPSA) is 93.9 Å². The largest absolute Gasteiger partial charge is 0.392 e. The zero-order valence-electron chi connectivity index (χ0n) is 57.1. The second-order valence-electron chi connectivity index (χ2n) is 26.7. The van der Waals surface area contributed by atoms with Crippen LogP contribution in [0.2, 0.25) is 0 Å². The lowest BCUT2D eigenvalue weighted by Gasteiger charge is -2.44. The van der Waals surface area contributed by atoms with Crippen molar-refractivity contribution >= 4 is 43.2 Å². The van der Waals surface area contributed by atoms with E-state index >= 15 is 0 Å². The van der Waals surface area contributed by atoms with Crippen molar-refractivity contribution in [2.45, 2.75) is 373 Å². The Hall–Kier alpha value is 1.08. The Bertz CT molecular complexity index is 1140. The number of hydrogen-bond donors (Lipinski definition) is 4. The van der Waals surface area contributed by atoms with Gasteiger partial charge in [-0.2, -0.15) is 0 Å². The van der Waals surface area contributed by atoms with Crippen LogP contribution in [0.4, 0.5) is 0 Å². The van der Waals surface area contributed by atoms with Crippen LogP contribution in [0.3, 0.4) is 0 Å². The zero-order valence-corrected chi connectivity index (χ0v) is 60.4. The van der Waals surface area contributed by atoms with Gasteiger partial charge in [0.05, 0.1) is 24.4 Å². The molecule has 0 amide bonds. The first-order valence-corrected chi connectivity index (χ1v) is 42.2. The van der Waals surface area contributed by atoms with E-state index in [1.54, 1.807) is 0 Å². The maximum Gasteiger partial charge on any atom is 0.0667 e. The number of rotatable bonds is 68. The van der Waals surface area contributed by atoms with Crippen LogP contribution < -0.4 is 0 Å². The van der Waals surface area contributed by atoms with Gasteiger partial charge in [-0.25, -0.2) is 0 Å². The first kappa shape index (κ1) is 83.1. The van der Waals surface area contributed by atoms with E-state index in [4.69, 9.17) is 0 Å². The summed E-state index contributed by atoms with van der Waals surface area (Å²) in [6.07, 6.45) is 57.4. The Morgan fingerprint density at radius 1 is 0.298 bits per heavy atom. The van der Waals surface area contributed by atoms with E-state index < -0.39 is 0 Å². The molecular weight excluding hydrogens is 1110 g/mol. The Balaban J connectivity index is 2.44. The molecule has 1 saturated heterocycles. The van der Waals surface area contributed by atoms with Gasteiger partial charge in [-0.1, -0.05) is 328 Å². The average Bonchev–Trinajstić information content (AvgIpc) is 3.60. The highest BCUT2D eigenvalue weighted by molar-refractivity contribution is 8.77. The summed E-state index contributed by atoms with van der Waals surface area (Å²) < 4.78 is 0. The lowest BCUT2D eigenvalue weighted by Crippen LogP contribution is -2.57. The SMILES string of the molecule is CCCCCCCCCCCCC(O)CN(CCCSSCCN1CC(C)N(CCSSCCCN(CC(O)CCCCCCCCCCCC)CC(O)CCCCCCCCCCCC)CC1C)CC(O)CCCCCCCCCCCC. The summed E-state index contributed by atoms with van der Waals surface area (Å²) in [6.45, 7) is 23.3. The molecule has 0 aromatic rings. The molecule has 0 aromatic carbocycles. The van der Waals surface area contributed by atoms with E-state index in [-0.39, 0.29) is 24.4 Å². The van der Waals surface area contributed by atoms with Gasteiger partial charge in [0.1, 0.15) is 0 Å². The van der Waals surface area contributed by atoms with Gasteiger partial charge in [0.15, 0.2) is 0 Å². The molecule has 0 bridgehead atoms. The van der Waals surface area contributed by atoms with Crippen LogP contribution >= 0.6 is 43.2 Å². The number of hydrogen-bond acceptors (Lipinski definition) is 12. The van der Waals surface area contributed by atoms with Crippen molar-refractivity contribution < 1.29 is 20.4 Å². The fraction of sp³-hybridized carbons (Fsp3) is 1.00. The molecule has 0 aliphatic carbocycles. The molecule has 8 nitrogen and oxygen atoms in total. The third-order valence-electron chi connectivity index (χ3n) is 18.2. The maximum absolute atomic E-state index is 11.2. The molecule has 1 aliphatic rings. The molecule has 1 heterocycles. The van der Waals surface area contributed by atoms with Crippen LogP contribution in [0, 0.1) is 0 Å². The minimum absolute atomic E-state index is 0.300. The van der Waals surface area contributed by atoms with E-state index in [9.17, 15) is 20.4 Å². The molecule has 0 aromatic heterocycles. The molecule has 1 fully saturated rings. The highest BCUT2D eigenvalue weighted by Crippen LogP contribution is 2.27. The Morgan fingerprint density at radius 2 is 0.500 bits per heavy atom. The van der Waals surface area contributed by atoms with Crippen molar-refractivity contribution in [2.24, 2.45) is 0 Å². The molecule has 4 N–H and O–H groups in total. The summed E-state index contributed by atoms with van der Waals surface area (Å²) in [5.41, 5.74) is 0. The smallest absolute Gasteiger partial charge is 0.0667 e. The normalized spacial score (nSPS) is 16.9. The molecular formula is C72H148N4O4S4. The summed E-state index contributed by atoms with van der Waals surface area (Å²) in [6, 6.07) is 1.15. The van der Waals surface area contributed by atoms with Gasteiger partial charge < -0.3 is 20.4 Å². The maximum atomic E-state index is 11.2. The second-order valence-corrected chi connectivity index (χ2v) is 32.1. The molecule has 84 heavy (non-hydrogen) atoms. The predicted octanol–water partition coefficient (Wildman–Crippen LogP) is 20.2. The number of piperazine rings is 1. The van der Waals surface area contributed by atoms with E-state index in [0.29, 0.717) is 38.3 Å². The van der Waals surface area contributed by atoms with Gasteiger partial charge in [0.25, 0.3) is 0 Å². The standard InChI is InChI=1S/C72H148N4O4S4/c1-7-11-15-19-23-27-31-35-39-43-49-69(77)63-73(64-70(78)50-44-40-36-32-28-24-20-16-12-8-2)53-47-57-81-83-59-55-75-61-68(6)76(62-67(75)5)56-60-84-82-58-48-54-74(65-71(79)51-45-41-37-33-29-25-21-17-13-9-3)66-72(80)52-46-42-38-34-30-26-22-18-14-10-4/h67-72,77-80H,7-66H2,1-6H3. The van der Waals surface area contributed by atoms with Gasteiger partial charge in [0.2, 0.25) is 0 Å². The minimum atomic E-state index is -0.300. The summed E-state index contributed by atoms with van der Waals surface area (Å²) >= 11 is 0. The molecule has 0 spiro atoms. The molecule has 6 atom stereocenters. The number of nitrogens with zero attached hydrogens (tertiary/aromatic N) is 4. The van der Waals surface area contributed by atoms with E-state index in [2.05, 4.69) is 61.1 Å². The van der Waals surface area contributed by atoms with Crippen molar-refractivity contribution in [3.05, 3.63) is 0 Å². The molecule has 0 saturated carbocycles. The van der Waals surface area contributed by atoms with Gasteiger partial charge in [-0.3, -0.25) is 19.6 Å². The molecule has 6 unspecified atom stereocenters. The average molecular weight is 1260 g/mol. The lowest BCUT2D eigenvalue weighted by atomic mass is 10.0. The lowest BCUT2D eigenvalue weighted by molar-refractivity contribution is 0.0516. The summed E-state index contributed by atoms with van der Waals surface area (Å²) in [4.78, 5) is 10.2. The van der Waals surface area contributed by atoms with Crippen molar-refractivity contribution in [1.29, 1.82) is 0 Å². The molecule has 1 aliphatic heterocycles. The van der Waals surface area contributed by atoms with Crippen LogP contribution in [0.15, 0.2) is 0 Å². The third kappa shape index (κ3) is 54.8. The fourth-order valence-corrected chi connectivity index (χ4v) is 16.8. The molecule has 1 rings (SSSR count). The van der Waals surface area contributed by atoms with E-state index in [1.165, 1.54) is 231 Å². The number of aliphatic hydroxyl groups excluding tert-OH is 4. The Morgan fingerprint density at radius 3 is 0.726 bits per heavy atom. The van der Waals surface area contributed by atoms with Crippen LogP contribution in [-0.4, -0.2) is 165 Å². The van der Waals surface area contributed by atoms with Gasteiger partial charge >= 0.3 is 0 Å². The van der Waals surface area contributed by atoms with Crippen molar-refractivity contribution in [2.75, 3.05) is 88.5 Å². The van der Waals surface area contributed by atoms with Gasteiger partial charge in [-0.05, 0) is 65.5 Å². The van der Waals surface area contributed by atoms with Crippen LogP contribution in [-0.2, 0) is 0 Å². The first-order chi connectivity index (χ1) is 41.1.